The Morgan fingerprint density at radius 3 is 1.30 bits per heavy atom. The van der Waals surface area contributed by atoms with Crippen molar-refractivity contribution in [1.29, 1.82) is 0 Å². The fourth-order valence-electron chi connectivity index (χ4n) is 7.26. The lowest BCUT2D eigenvalue weighted by Crippen LogP contribution is -1.92. The number of phenols is 5. The second-order valence-electron chi connectivity index (χ2n) is 12.4. The van der Waals surface area contributed by atoms with Gasteiger partial charge < -0.3 is 29.9 Å². The summed E-state index contributed by atoms with van der Waals surface area (Å²) in [4.78, 5) is 0. The first-order valence-corrected chi connectivity index (χ1v) is 16.1. The minimum absolute atomic E-state index is 0.206. The van der Waals surface area contributed by atoms with Crippen LogP contribution in [0.25, 0.3) is 88.0 Å². The Morgan fingerprint density at radius 2 is 0.700 bits per heavy atom. The Morgan fingerprint density at radius 1 is 0.280 bits per heavy atom. The average molecular weight is 653 g/mol. The predicted octanol–water partition coefficient (Wildman–Crippen LogP) is 11.1. The van der Waals surface area contributed by atoms with Crippen LogP contribution in [0.2, 0.25) is 0 Å². The Bertz CT molecular complexity index is 2770. The molecule has 0 bridgehead atoms. The first kappa shape index (κ1) is 29.2. The van der Waals surface area contributed by atoms with Crippen molar-refractivity contribution in [3.63, 3.8) is 0 Å². The minimum atomic E-state index is -1.00. The van der Waals surface area contributed by atoms with Crippen LogP contribution < -0.4 is 0 Å². The standard InChI is InChI=1S/C44H28O6/c45-40-39(41(46)43(48)44(49)42(40)47)27-17-20-33-34(21-27)38(32-14-8-7-13-31(32)37(33)25-11-5-2-6-12-25)28-16-19-30-29-18-15-26(24-9-3-1-4-10-24)22-35(29)50-36(30)23-28/h1-23,45-49H. The smallest absolute Gasteiger partial charge is 0.208 e. The molecule has 0 unspecified atom stereocenters. The van der Waals surface area contributed by atoms with E-state index in [0.717, 1.165) is 76.9 Å². The van der Waals surface area contributed by atoms with Gasteiger partial charge in [0.05, 0.1) is 5.56 Å². The fraction of sp³-hybridized carbons (Fsp3) is 0. The van der Waals surface area contributed by atoms with Crippen molar-refractivity contribution >= 4 is 43.5 Å². The quantitative estimate of drug-likeness (QED) is 0.0734. The van der Waals surface area contributed by atoms with Gasteiger partial charge in [0.2, 0.25) is 17.2 Å². The van der Waals surface area contributed by atoms with Crippen LogP contribution in [-0.2, 0) is 0 Å². The number of phenolic OH excluding ortho intramolecular Hbond substituents is 5. The van der Waals surface area contributed by atoms with E-state index in [2.05, 4.69) is 66.7 Å². The summed E-state index contributed by atoms with van der Waals surface area (Å²) in [5.74, 6) is -4.35. The van der Waals surface area contributed by atoms with Gasteiger partial charge in [-0.25, -0.2) is 0 Å². The summed E-state index contributed by atoms with van der Waals surface area (Å²) >= 11 is 0. The number of benzene rings is 8. The molecule has 240 valence electrons. The minimum Gasteiger partial charge on any atom is -0.504 e. The number of hydrogen-bond acceptors (Lipinski definition) is 6. The van der Waals surface area contributed by atoms with E-state index in [1.165, 1.54) is 0 Å². The van der Waals surface area contributed by atoms with Gasteiger partial charge in [-0.05, 0) is 90.8 Å². The summed E-state index contributed by atoms with van der Waals surface area (Å²) in [6, 6.07) is 46.4. The predicted molar refractivity (Wildman–Crippen MR) is 199 cm³/mol. The molecule has 8 aromatic carbocycles. The van der Waals surface area contributed by atoms with Crippen molar-refractivity contribution in [2.45, 2.75) is 0 Å². The SMILES string of the molecule is Oc1c(O)c(O)c(-c2ccc3c(-c4ccccc4)c4ccccc4c(-c4ccc5c(c4)oc4cc(-c6ccccc6)ccc45)c3c2)c(O)c1O. The number of hydrogen-bond donors (Lipinski definition) is 5. The molecule has 6 nitrogen and oxygen atoms in total. The molecular weight excluding hydrogens is 624 g/mol. The maximum absolute atomic E-state index is 10.9. The molecule has 6 heteroatoms. The first-order chi connectivity index (χ1) is 24.4. The summed E-state index contributed by atoms with van der Waals surface area (Å²) in [6.45, 7) is 0. The Labute approximate surface area is 285 Å². The molecule has 1 heterocycles. The summed E-state index contributed by atoms with van der Waals surface area (Å²) < 4.78 is 6.51. The number of rotatable bonds is 4. The van der Waals surface area contributed by atoms with E-state index < -0.39 is 28.7 Å². The molecule has 0 radical (unpaired) electrons. The molecule has 0 atom stereocenters. The highest BCUT2D eigenvalue weighted by Gasteiger charge is 2.26. The summed E-state index contributed by atoms with van der Waals surface area (Å²) in [6.07, 6.45) is 0. The molecule has 0 saturated carbocycles. The van der Waals surface area contributed by atoms with E-state index in [1.54, 1.807) is 6.07 Å². The van der Waals surface area contributed by atoms with Crippen LogP contribution in [0.4, 0.5) is 0 Å². The highest BCUT2D eigenvalue weighted by molar-refractivity contribution is 6.22. The van der Waals surface area contributed by atoms with Crippen LogP contribution in [0, 0.1) is 0 Å². The van der Waals surface area contributed by atoms with Crippen LogP contribution in [0.15, 0.2) is 144 Å². The lowest BCUT2D eigenvalue weighted by atomic mass is 9.84. The lowest BCUT2D eigenvalue weighted by molar-refractivity contribution is 0.330. The monoisotopic (exact) mass is 652 g/mol. The van der Waals surface area contributed by atoms with Crippen molar-refractivity contribution in [2.24, 2.45) is 0 Å². The Kier molecular flexibility index (Phi) is 6.48. The highest BCUT2D eigenvalue weighted by atomic mass is 16.4. The number of aromatic hydroxyl groups is 5. The molecule has 0 aliphatic heterocycles. The first-order valence-electron chi connectivity index (χ1n) is 16.1. The normalized spacial score (nSPS) is 11.6. The van der Waals surface area contributed by atoms with E-state index >= 15 is 0 Å². The van der Waals surface area contributed by atoms with Gasteiger partial charge in [0, 0.05) is 10.8 Å². The summed E-state index contributed by atoms with van der Waals surface area (Å²) in [5, 5.41) is 58.4. The van der Waals surface area contributed by atoms with Crippen LogP contribution in [0.3, 0.4) is 0 Å². The van der Waals surface area contributed by atoms with E-state index in [-0.39, 0.29) is 5.56 Å². The second kappa shape index (κ2) is 11.1. The van der Waals surface area contributed by atoms with Gasteiger partial charge in [-0.15, -0.1) is 0 Å². The fourth-order valence-corrected chi connectivity index (χ4v) is 7.26. The molecule has 5 N–H and O–H groups in total. The average Bonchev–Trinajstić information content (AvgIpc) is 3.53. The van der Waals surface area contributed by atoms with Crippen molar-refractivity contribution in [3.8, 4) is 73.3 Å². The van der Waals surface area contributed by atoms with Gasteiger partial charge in [-0.3, -0.25) is 0 Å². The van der Waals surface area contributed by atoms with Gasteiger partial charge in [-0.1, -0.05) is 109 Å². The molecule has 9 rings (SSSR count). The zero-order valence-electron chi connectivity index (χ0n) is 26.4. The van der Waals surface area contributed by atoms with E-state index in [1.807, 2.05) is 66.7 Å². The third-order valence-corrected chi connectivity index (χ3v) is 9.62. The lowest BCUT2D eigenvalue weighted by Gasteiger charge is -2.19. The second-order valence-corrected chi connectivity index (χ2v) is 12.4. The van der Waals surface area contributed by atoms with E-state index in [0.29, 0.717) is 5.56 Å². The maximum atomic E-state index is 10.9. The van der Waals surface area contributed by atoms with Gasteiger partial charge in [0.1, 0.15) is 11.2 Å². The largest absolute Gasteiger partial charge is 0.504 e. The van der Waals surface area contributed by atoms with E-state index in [4.69, 9.17) is 4.42 Å². The summed E-state index contributed by atoms with van der Waals surface area (Å²) in [7, 11) is 0. The van der Waals surface area contributed by atoms with Crippen molar-refractivity contribution < 1.29 is 29.9 Å². The highest BCUT2D eigenvalue weighted by Crippen LogP contribution is 2.55. The molecule has 0 amide bonds. The molecular formula is C44H28O6. The zero-order chi connectivity index (χ0) is 34.1. The van der Waals surface area contributed by atoms with Crippen molar-refractivity contribution in [2.75, 3.05) is 0 Å². The van der Waals surface area contributed by atoms with Crippen molar-refractivity contribution in [1.82, 2.24) is 0 Å². The van der Waals surface area contributed by atoms with Crippen LogP contribution in [0.5, 0.6) is 28.7 Å². The maximum Gasteiger partial charge on any atom is 0.208 e. The molecule has 9 aromatic rings. The molecule has 0 aliphatic carbocycles. The third kappa shape index (κ3) is 4.36. The molecule has 0 aliphatic rings. The molecule has 1 aromatic heterocycles. The number of furan rings is 1. The van der Waals surface area contributed by atoms with Crippen molar-refractivity contribution in [3.05, 3.63) is 140 Å². The molecule has 0 fully saturated rings. The Balaban J connectivity index is 1.35. The number of fused-ring (bicyclic) bond motifs is 5. The topological polar surface area (TPSA) is 114 Å². The van der Waals surface area contributed by atoms with Crippen LogP contribution in [-0.4, -0.2) is 25.5 Å². The third-order valence-electron chi connectivity index (χ3n) is 9.62. The molecule has 0 spiro atoms. The van der Waals surface area contributed by atoms with Gasteiger partial charge in [-0.2, -0.15) is 0 Å². The molecule has 50 heavy (non-hydrogen) atoms. The molecule has 0 saturated heterocycles. The van der Waals surface area contributed by atoms with Crippen LogP contribution >= 0.6 is 0 Å². The van der Waals surface area contributed by atoms with Gasteiger partial charge >= 0.3 is 0 Å². The van der Waals surface area contributed by atoms with Crippen LogP contribution in [0.1, 0.15) is 0 Å². The zero-order valence-corrected chi connectivity index (χ0v) is 26.4. The summed E-state index contributed by atoms with van der Waals surface area (Å²) in [5.41, 5.74) is 7.62. The van der Waals surface area contributed by atoms with Gasteiger partial charge in [0.25, 0.3) is 0 Å². The van der Waals surface area contributed by atoms with Gasteiger partial charge in [0.15, 0.2) is 11.5 Å². The van der Waals surface area contributed by atoms with E-state index in [9.17, 15) is 25.5 Å². The Hall–Kier alpha value is -6.92.